The van der Waals surface area contributed by atoms with Gasteiger partial charge in [-0.3, -0.25) is 4.79 Å². The van der Waals surface area contributed by atoms with Gasteiger partial charge in [-0.15, -0.1) is 0 Å². The average Bonchev–Trinajstić information content (AvgIpc) is 3.23. The molecule has 0 spiro atoms. The predicted octanol–water partition coefficient (Wildman–Crippen LogP) is 3.85. The Labute approximate surface area is 126 Å². The minimum Gasteiger partial charge on any atom is -0.472 e. The number of para-hydroxylation sites is 1. The first-order chi connectivity index (χ1) is 10.8. The van der Waals surface area contributed by atoms with Gasteiger partial charge in [-0.1, -0.05) is 36.4 Å². The number of nitrogens with zero attached hydrogens (tertiary/aromatic N) is 2. The normalized spacial score (nSPS) is 10.9. The van der Waals surface area contributed by atoms with Crippen molar-refractivity contribution in [2.45, 2.75) is 0 Å². The lowest BCUT2D eigenvalue weighted by Crippen LogP contribution is -2.09. The summed E-state index contributed by atoms with van der Waals surface area (Å²) in [6.07, 6.45) is 2.96. The van der Waals surface area contributed by atoms with Crippen molar-refractivity contribution in [1.29, 1.82) is 0 Å². The SMILES string of the molecule is O=C(c1ccoc1)c1c2ccccc2nn1-c1ccccc1. The van der Waals surface area contributed by atoms with Crippen LogP contribution in [-0.4, -0.2) is 15.6 Å². The first-order valence-electron chi connectivity index (χ1n) is 6.95. The van der Waals surface area contributed by atoms with Crippen molar-refractivity contribution in [3.05, 3.63) is 84.4 Å². The number of aromatic nitrogens is 2. The first kappa shape index (κ1) is 12.6. The van der Waals surface area contributed by atoms with E-state index >= 15 is 0 Å². The van der Waals surface area contributed by atoms with E-state index < -0.39 is 0 Å². The molecule has 4 aromatic rings. The van der Waals surface area contributed by atoms with Gasteiger partial charge in [0, 0.05) is 5.39 Å². The minimum atomic E-state index is -0.105. The maximum atomic E-state index is 12.9. The van der Waals surface area contributed by atoms with Crippen LogP contribution >= 0.6 is 0 Å². The van der Waals surface area contributed by atoms with E-state index in [2.05, 4.69) is 5.10 Å². The molecule has 0 bridgehead atoms. The standard InChI is InChI=1S/C18H12N2O2/c21-18(13-10-11-22-12-13)17-15-8-4-5-9-16(15)19-20(17)14-6-2-1-3-7-14/h1-12H. The monoisotopic (exact) mass is 288 g/mol. The molecule has 0 saturated carbocycles. The van der Waals surface area contributed by atoms with Crippen LogP contribution in [0, 0.1) is 0 Å². The summed E-state index contributed by atoms with van der Waals surface area (Å²) in [5.74, 6) is -0.105. The van der Waals surface area contributed by atoms with Crippen molar-refractivity contribution in [3.63, 3.8) is 0 Å². The maximum Gasteiger partial charge on any atom is 0.215 e. The molecular formula is C18H12N2O2. The van der Waals surface area contributed by atoms with Crippen LogP contribution in [0.5, 0.6) is 0 Å². The van der Waals surface area contributed by atoms with Crippen LogP contribution in [-0.2, 0) is 0 Å². The molecule has 0 N–H and O–H groups in total. The number of rotatable bonds is 3. The molecular weight excluding hydrogens is 276 g/mol. The number of hydrogen-bond donors (Lipinski definition) is 0. The van der Waals surface area contributed by atoms with Gasteiger partial charge >= 0.3 is 0 Å². The fourth-order valence-electron chi connectivity index (χ4n) is 2.54. The van der Waals surface area contributed by atoms with Crippen molar-refractivity contribution in [3.8, 4) is 5.69 Å². The van der Waals surface area contributed by atoms with Crippen LogP contribution < -0.4 is 0 Å². The van der Waals surface area contributed by atoms with Crippen LogP contribution in [0.4, 0.5) is 0 Å². The summed E-state index contributed by atoms with van der Waals surface area (Å²) in [7, 11) is 0. The van der Waals surface area contributed by atoms with Crippen molar-refractivity contribution in [1.82, 2.24) is 9.78 Å². The quantitative estimate of drug-likeness (QED) is 0.538. The van der Waals surface area contributed by atoms with E-state index in [9.17, 15) is 4.79 Å². The third-order valence-electron chi connectivity index (χ3n) is 3.58. The molecule has 2 heterocycles. The zero-order chi connectivity index (χ0) is 14.9. The lowest BCUT2D eigenvalue weighted by Gasteiger charge is -2.06. The highest BCUT2D eigenvalue weighted by atomic mass is 16.3. The average molecular weight is 288 g/mol. The third-order valence-corrected chi connectivity index (χ3v) is 3.58. The fourth-order valence-corrected chi connectivity index (χ4v) is 2.54. The Morgan fingerprint density at radius 2 is 1.73 bits per heavy atom. The predicted molar refractivity (Wildman–Crippen MR) is 83.2 cm³/mol. The Bertz CT molecular complexity index is 938. The molecule has 0 aliphatic carbocycles. The molecule has 0 radical (unpaired) electrons. The van der Waals surface area contributed by atoms with E-state index in [0.717, 1.165) is 16.6 Å². The summed E-state index contributed by atoms with van der Waals surface area (Å²) in [4.78, 5) is 12.9. The molecule has 0 saturated heterocycles. The van der Waals surface area contributed by atoms with Gasteiger partial charge in [-0.25, -0.2) is 4.68 Å². The Balaban J connectivity index is 2.01. The van der Waals surface area contributed by atoms with Gasteiger partial charge in [0.05, 0.1) is 23.0 Å². The summed E-state index contributed by atoms with van der Waals surface area (Å²) in [5, 5.41) is 5.41. The van der Waals surface area contributed by atoms with Crippen LogP contribution in [0.2, 0.25) is 0 Å². The van der Waals surface area contributed by atoms with Gasteiger partial charge in [0.2, 0.25) is 5.78 Å². The molecule has 106 valence electrons. The van der Waals surface area contributed by atoms with E-state index in [0.29, 0.717) is 11.3 Å². The molecule has 4 rings (SSSR count). The molecule has 0 aliphatic rings. The van der Waals surface area contributed by atoms with E-state index in [-0.39, 0.29) is 5.78 Å². The Kier molecular flexibility index (Phi) is 2.86. The fraction of sp³-hybridized carbons (Fsp3) is 0. The largest absolute Gasteiger partial charge is 0.472 e. The molecule has 0 fully saturated rings. The van der Waals surface area contributed by atoms with Crippen molar-refractivity contribution >= 4 is 16.7 Å². The molecule has 2 aromatic heterocycles. The summed E-state index contributed by atoms with van der Waals surface area (Å²) in [5.41, 5.74) is 2.70. The zero-order valence-corrected chi connectivity index (χ0v) is 11.6. The van der Waals surface area contributed by atoms with Crippen LogP contribution in [0.15, 0.2) is 77.6 Å². The van der Waals surface area contributed by atoms with Crippen LogP contribution in [0.3, 0.4) is 0 Å². The molecule has 0 aliphatic heterocycles. The second-order valence-corrected chi connectivity index (χ2v) is 4.95. The Morgan fingerprint density at radius 3 is 2.50 bits per heavy atom. The molecule has 4 heteroatoms. The maximum absolute atomic E-state index is 12.9. The highest BCUT2D eigenvalue weighted by molar-refractivity contribution is 6.15. The van der Waals surface area contributed by atoms with E-state index in [1.807, 2.05) is 54.6 Å². The second kappa shape index (κ2) is 5.00. The number of benzene rings is 2. The smallest absolute Gasteiger partial charge is 0.215 e. The molecule has 2 aromatic carbocycles. The number of hydrogen-bond acceptors (Lipinski definition) is 3. The van der Waals surface area contributed by atoms with Crippen LogP contribution in [0.25, 0.3) is 16.6 Å². The number of furan rings is 1. The third kappa shape index (κ3) is 1.93. The van der Waals surface area contributed by atoms with Gasteiger partial charge in [-0.2, -0.15) is 5.10 Å². The highest BCUT2D eigenvalue weighted by Crippen LogP contribution is 2.24. The summed E-state index contributed by atoms with van der Waals surface area (Å²) in [6.45, 7) is 0. The van der Waals surface area contributed by atoms with Gasteiger partial charge in [-0.05, 0) is 24.3 Å². The van der Waals surface area contributed by atoms with Gasteiger partial charge in [0.1, 0.15) is 12.0 Å². The lowest BCUT2D eigenvalue weighted by molar-refractivity contribution is 0.103. The molecule has 22 heavy (non-hydrogen) atoms. The number of ketones is 1. The number of carbonyl (C=O) groups is 1. The molecule has 4 nitrogen and oxygen atoms in total. The van der Waals surface area contributed by atoms with Gasteiger partial charge < -0.3 is 4.42 Å². The first-order valence-corrected chi connectivity index (χ1v) is 6.95. The van der Waals surface area contributed by atoms with E-state index in [1.54, 1.807) is 10.7 Å². The van der Waals surface area contributed by atoms with Crippen molar-refractivity contribution < 1.29 is 9.21 Å². The van der Waals surface area contributed by atoms with E-state index in [1.165, 1.54) is 12.5 Å². The molecule has 0 atom stereocenters. The lowest BCUT2D eigenvalue weighted by atomic mass is 10.1. The van der Waals surface area contributed by atoms with E-state index in [4.69, 9.17) is 4.42 Å². The minimum absolute atomic E-state index is 0.105. The summed E-state index contributed by atoms with van der Waals surface area (Å²) < 4.78 is 6.74. The topological polar surface area (TPSA) is 48.0 Å². The summed E-state index contributed by atoms with van der Waals surface area (Å²) in [6, 6.07) is 18.9. The van der Waals surface area contributed by atoms with Crippen molar-refractivity contribution in [2.75, 3.05) is 0 Å². The zero-order valence-electron chi connectivity index (χ0n) is 11.6. The molecule has 0 unspecified atom stereocenters. The highest BCUT2D eigenvalue weighted by Gasteiger charge is 2.21. The van der Waals surface area contributed by atoms with Crippen molar-refractivity contribution in [2.24, 2.45) is 0 Å². The van der Waals surface area contributed by atoms with Crippen LogP contribution in [0.1, 0.15) is 16.1 Å². The summed E-state index contributed by atoms with van der Waals surface area (Å²) >= 11 is 0. The van der Waals surface area contributed by atoms with Gasteiger partial charge in [0.15, 0.2) is 0 Å². The number of carbonyl (C=O) groups excluding carboxylic acids is 1. The Morgan fingerprint density at radius 1 is 0.955 bits per heavy atom. The second-order valence-electron chi connectivity index (χ2n) is 4.95. The Hall–Kier alpha value is -3.14. The number of fused-ring (bicyclic) bond motifs is 1. The molecule has 0 amide bonds. The van der Waals surface area contributed by atoms with Gasteiger partial charge in [0.25, 0.3) is 0 Å².